The molecule has 0 unspecified atom stereocenters. The largest absolute Gasteiger partial charge is 0.497 e. The smallest absolute Gasteiger partial charge is 0.239 e. The van der Waals surface area contributed by atoms with Crippen LogP contribution in [0.1, 0.15) is 25.0 Å². The SMILES string of the molecule is COc1cccc(CNC(=O)CNc2cc(NC(=O)C(C)C)ccc2C)c1. The molecule has 6 nitrogen and oxygen atoms in total. The lowest BCUT2D eigenvalue weighted by molar-refractivity contribution is -0.120. The number of carbonyl (C=O) groups is 2. The zero-order valence-corrected chi connectivity index (χ0v) is 16.3. The molecule has 0 saturated heterocycles. The molecule has 144 valence electrons. The van der Waals surface area contributed by atoms with Gasteiger partial charge in [-0.3, -0.25) is 9.59 Å². The normalized spacial score (nSPS) is 10.4. The van der Waals surface area contributed by atoms with Crippen LogP contribution in [0.2, 0.25) is 0 Å². The maximum Gasteiger partial charge on any atom is 0.239 e. The number of ether oxygens (including phenoxy) is 1. The lowest BCUT2D eigenvalue weighted by atomic mass is 10.1. The molecule has 2 aromatic carbocycles. The molecular weight excluding hydrogens is 342 g/mol. The Hall–Kier alpha value is -3.02. The van der Waals surface area contributed by atoms with E-state index < -0.39 is 0 Å². The van der Waals surface area contributed by atoms with Crippen molar-refractivity contribution >= 4 is 23.2 Å². The quantitative estimate of drug-likeness (QED) is 0.667. The summed E-state index contributed by atoms with van der Waals surface area (Å²) >= 11 is 0. The van der Waals surface area contributed by atoms with Crippen LogP contribution in [0.3, 0.4) is 0 Å². The fourth-order valence-corrected chi connectivity index (χ4v) is 2.40. The molecule has 3 N–H and O–H groups in total. The topological polar surface area (TPSA) is 79.5 Å². The zero-order valence-electron chi connectivity index (χ0n) is 16.3. The Labute approximate surface area is 160 Å². The highest BCUT2D eigenvalue weighted by Gasteiger charge is 2.09. The molecule has 0 aliphatic heterocycles. The van der Waals surface area contributed by atoms with E-state index in [1.165, 1.54) is 0 Å². The van der Waals surface area contributed by atoms with E-state index in [-0.39, 0.29) is 24.3 Å². The summed E-state index contributed by atoms with van der Waals surface area (Å²) in [7, 11) is 1.61. The fourth-order valence-electron chi connectivity index (χ4n) is 2.40. The Morgan fingerprint density at radius 3 is 2.59 bits per heavy atom. The van der Waals surface area contributed by atoms with E-state index in [2.05, 4.69) is 16.0 Å². The molecule has 0 heterocycles. The summed E-state index contributed by atoms with van der Waals surface area (Å²) in [5, 5.41) is 8.86. The second-order valence-electron chi connectivity index (χ2n) is 6.66. The van der Waals surface area contributed by atoms with Crippen LogP contribution in [0, 0.1) is 12.8 Å². The predicted molar refractivity (Wildman–Crippen MR) is 108 cm³/mol. The van der Waals surface area contributed by atoms with Crippen LogP contribution < -0.4 is 20.7 Å². The standard InChI is InChI=1S/C21H27N3O3/c1-14(2)21(26)24-17-9-8-15(3)19(11-17)22-13-20(25)23-12-16-6-5-7-18(10-16)27-4/h5-11,14,22H,12-13H2,1-4H3,(H,23,25)(H,24,26). The van der Waals surface area contributed by atoms with Crippen molar-refractivity contribution in [2.75, 3.05) is 24.3 Å². The van der Waals surface area contributed by atoms with E-state index in [0.29, 0.717) is 12.2 Å². The van der Waals surface area contributed by atoms with Crippen LogP contribution in [-0.2, 0) is 16.1 Å². The Morgan fingerprint density at radius 2 is 1.89 bits per heavy atom. The fraction of sp³-hybridized carbons (Fsp3) is 0.333. The minimum absolute atomic E-state index is 0.0409. The number of carbonyl (C=O) groups excluding carboxylic acids is 2. The lowest BCUT2D eigenvalue weighted by Crippen LogP contribution is -2.29. The third kappa shape index (κ3) is 6.33. The summed E-state index contributed by atoms with van der Waals surface area (Å²) in [6, 6.07) is 13.2. The van der Waals surface area contributed by atoms with Gasteiger partial charge in [-0.25, -0.2) is 0 Å². The third-order valence-corrected chi connectivity index (χ3v) is 4.09. The van der Waals surface area contributed by atoms with E-state index in [1.807, 2.05) is 63.2 Å². The van der Waals surface area contributed by atoms with Gasteiger partial charge in [0.1, 0.15) is 5.75 Å². The summed E-state index contributed by atoms with van der Waals surface area (Å²) in [6.45, 7) is 6.21. The molecule has 2 amide bonds. The van der Waals surface area contributed by atoms with Gasteiger partial charge in [-0.15, -0.1) is 0 Å². The van der Waals surface area contributed by atoms with Gasteiger partial charge in [-0.1, -0.05) is 32.0 Å². The molecule has 0 fully saturated rings. The summed E-state index contributed by atoms with van der Waals surface area (Å²) in [5.74, 6) is 0.510. The Balaban J connectivity index is 1.89. The molecule has 27 heavy (non-hydrogen) atoms. The Kier molecular flexibility index (Phi) is 7.23. The number of hydrogen-bond acceptors (Lipinski definition) is 4. The number of nitrogens with one attached hydrogen (secondary N) is 3. The molecule has 0 bridgehead atoms. The first-order valence-corrected chi connectivity index (χ1v) is 8.94. The van der Waals surface area contributed by atoms with Crippen molar-refractivity contribution < 1.29 is 14.3 Å². The van der Waals surface area contributed by atoms with Crippen LogP contribution >= 0.6 is 0 Å². The Morgan fingerprint density at radius 1 is 1.11 bits per heavy atom. The highest BCUT2D eigenvalue weighted by molar-refractivity contribution is 5.92. The molecule has 0 radical (unpaired) electrons. The summed E-state index contributed by atoms with van der Waals surface area (Å²) in [6.07, 6.45) is 0. The van der Waals surface area contributed by atoms with Gasteiger partial charge < -0.3 is 20.7 Å². The van der Waals surface area contributed by atoms with Crippen molar-refractivity contribution in [3.05, 3.63) is 53.6 Å². The highest BCUT2D eigenvalue weighted by atomic mass is 16.5. The van der Waals surface area contributed by atoms with E-state index in [1.54, 1.807) is 7.11 Å². The van der Waals surface area contributed by atoms with Crippen molar-refractivity contribution in [1.29, 1.82) is 0 Å². The van der Waals surface area contributed by atoms with E-state index in [9.17, 15) is 9.59 Å². The average molecular weight is 369 g/mol. The maximum absolute atomic E-state index is 12.1. The molecule has 6 heteroatoms. The first-order chi connectivity index (χ1) is 12.9. The van der Waals surface area contributed by atoms with Gasteiger partial charge in [0.25, 0.3) is 0 Å². The van der Waals surface area contributed by atoms with Gasteiger partial charge in [0.15, 0.2) is 0 Å². The monoisotopic (exact) mass is 369 g/mol. The molecule has 0 saturated carbocycles. The number of benzene rings is 2. The van der Waals surface area contributed by atoms with Crippen LogP contribution in [-0.4, -0.2) is 25.5 Å². The minimum Gasteiger partial charge on any atom is -0.497 e. The van der Waals surface area contributed by atoms with E-state index in [0.717, 1.165) is 22.6 Å². The summed E-state index contributed by atoms with van der Waals surface area (Å²) in [5.41, 5.74) is 3.49. The zero-order chi connectivity index (χ0) is 19.8. The predicted octanol–water partition coefficient (Wildman–Crippen LogP) is 3.33. The van der Waals surface area contributed by atoms with Crippen LogP contribution in [0.4, 0.5) is 11.4 Å². The first-order valence-electron chi connectivity index (χ1n) is 8.94. The minimum atomic E-state index is -0.117. The van der Waals surface area contributed by atoms with Crippen molar-refractivity contribution in [2.24, 2.45) is 5.92 Å². The number of anilines is 2. The number of aryl methyl sites for hydroxylation is 1. The van der Waals surface area contributed by atoms with Crippen molar-refractivity contribution in [2.45, 2.75) is 27.3 Å². The number of amides is 2. The molecule has 0 aliphatic carbocycles. The molecule has 0 spiro atoms. The van der Waals surface area contributed by atoms with Gasteiger partial charge >= 0.3 is 0 Å². The lowest BCUT2D eigenvalue weighted by Gasteiger charge is -2.13. The van der Waals surface area contributed by atoms with Crippen molar-refractivity contribution in [1.82, 2.24) is 5.32 Å². The highest BCUT2D eigenvalue weighted by Crippen LogP contribution is 2.20. The summed E-state index contributed by atoms with van der Waals surface area (Å²) in [4.78, 5) is 24.0. The second kappa shape index (κ2) is 9.62. The van der Waals surface area contributed by atoms with Crippen LogP contribution in [0.25, 0.3) is 0 Å². The molecule has 2 rings (SSSR count). The van der Waals surface area contributed by atoms with Crippen LogP contribution in [0.5, 0.6) is 5.75 Å². The van der Waals surface area contributed by atoms with Crippen LogP contribution in [0.15, 0.2) is 42.5 Å². The molecule has 0 aromatic heterocycles. The second-order valence-corrected chi connectivity index (χ2v) is 6.66. The van der Waals surface area contributed by atoms with Gasteiger partial charge in [0.05, 0.1) is 13.7 Å². The molecular formula is C21H27N3O3. The van der Waals surface area contributed by atoms with Gasteiger partial charge in [-0.05, 0) is 42.3 Å². The molecule has 0 aliphatic rings. The first kappa shape index (κ1) is 20.3. The molecule has 2 aromatic rings. The van der Waals surface area contributed by atoms with E-state index in [4.69, 9.17) is 4.74 Å². The van der Waals surface area contributed by atoms with Crippen molar-refractivity contribution in [3.8, 4) is 5.75 Å². The number of rotatable bonds is 8. The van der Waals surface area contributed by atoms with Gasteiger partial charge in [0.2, 0.25) is 11.8 Å². The molecule has 0 atom stereocenters. The average Bonchev–Trinajstić information content (AvgIpc) is 2.66. The van der Waals surface area contributed by atoms with Gasteiger partial charge in [-0.2, -0.15) is 0 Å². The maximum atomic E-state index is 12.1. The Bertz CT molecular complexity index is 803. The number of hydrogen-bond donors (Lipinski definition) is 3. The van der Waals surface area contributed by atoms with E-state index >= 15 is 0 Å². The van der Waals surface area contributed by atoms with Gasteiger partial charge in [0, 0.05) is 23.8 Å². The van der Waals surface area contributed by atoms with Crippen molar-refractivity contribution in [3.63, 3.8) is 0 Å². The summed E-state index contributed by atoms with van der Waals surface area (Å²) < 4.78 is 5.18. The number of methoxy groups -OCH3 is 1. The third-order valence-electron chi connectivity index (χ3n) is 4.09.